The van der Waals surface area contributed by atoms with Crippen LogP contribution in [0.25, 0.3) is 5.65 Å². The average Bonchev–Trinajstić information content (AvgIpc) is 2.72. The smallest absolute Gasteiger partial charge is 0.147 e. The number of rotatable bonds is 3. The Morgan fingerprint density at radius 2 is 2.29 bits per heavy atom. The van der Waals surface area contributed by atoms with E-state index in [1.165, 1.54) is 19.3 Å². The van der Waals surface area contributed by atoms with E-state index in [-0.39, 0.29) is 5.84 Å². The third-order valence-corrected chi connectivity index (χ3v) is 3.67. The second kappa shape index (κ2) is 3.61. The summed E-state index contributed by atoms with van der Waals surface area (Å²) in [5, 5.41) is 12.4. The summed E-state index contributed by atoms with van der Waals surface area (Å²) >= 11 is 0. The molecule has 5 heteroatoms. The van der Waals surface area contributed by atoms with Crippen molar-refractivity contribution < 1.29 is 0 Å². The number of nitrogens with two attached hydrogens (primary N) is 1. The van der Waals surface area contributed by atoms with Gasteiger partial charge in [-0.15, -0.1) is 0 Å². The third-order valence-electron chi connectivity index (χ3n) is 3.67. The van der Waals surface area contributed by atoms with Crippen LogP contribution in [0.3, 0.4) is 0 Å². The summed E-state index contributed by atoms with van der Waals surface area (Å²) in [7, 11) is 0. The predicted molar refractivity (Wildman–Crippen MR) is 66.5 cm³/mol. The highest BCUT2D eigenvalue weighted by Gasteiger charge is 2.28. The fourth-order valence-corrected chi connectivity index (χ4v) is 2.52. The molecule has 1 aliphatic carbocycles. The lowest BCUT2D eigenvalue weighted by Crippen LogP contribution is -2.18. The molecule has 0 saturated heterocycles. The van der Waals surface area contributed by atoms with Crippen LogP contribution in [0.15, 0.2) is 12.4 Å². The van der Waals surface area contributed by atoms with E-state index in [9.17, 15) is 0 Å². The molecule has 0 aromatic carbocycles. The summed E-state index contributed by atoms with van der Waals surface area (Å²) < 4.78 is 3.94. The van der Waals surface area contributed by atoms with Crippen molar-refractivity contribution in [3.63, 3.8) is 0 Å². The number of hydrogen-bond acceptors (Lipinski definition) is 2. The summed E-state index contributed by atoms with van der Waals surface area (Å²) in [5.41, 5.74) is 8.55. The van der Waals surface area contributed by atoms with Crippen molar-refractivity contribution in [2.75, 3.05) is 0 Å². The normalized spacial score (nSPS) is 16.3. The second-order valence-electron chi connectivity index (χ2n) is 4.65. The SMILES string of the molecule is CCn1ccn2nc(C3CCC3)c(C(=N)N)c12. The predicted octanol–water partition coefficient (Wildman–Crippen LogP) is 1.71. The van der Waals surface area contributed by atoms with Gasteiger partial charge in [-0.2, -0.15) is 5.10 Å². The molecule has 0 amide bonds. The van der Waals surface area contributed by atoms with Gasteiger partial charge >= 0.3 is 0 Å². The van der Waals surface area contributed by atoms with Crippen LogP contribution >= 0.6 is 0 Å². The first-order valence-electron chi connectivity index (χ1n) is 6.14. The van der Waals surface area contributed by atoms with E-state index >= 15 is 0 Å². The minimum absolute atomic E-state index is 0.135. The quantitative estimate of drug-likeness (QED) is 0.623. The van der Waals surface area contributed by atoms with Crippen molar-refractivity contribution >= 4 is 11.5 Å². The zero-order valence-corrected chi connectivity index (χ0v) is 9.98. The topological polar surface area (TPSA) is 72.1 Å². The van der Waals surface area contributed by atoms with Crippen LogP contribution in [0.5, 0.6) is 0 Å². The van der Waals surface area contributed by atoms with Gasteiger partial charge in [0, 0.05) is 24.9 Å². The minimum atomic E-state index is 0.135. The van der Waals surface area contributed by atoms with Crippen molar-refractivity contribution in [1.29, 1.82) is 5.41 Å². The largest absolute Gasteiger partial charge is 0.384 e. The van der Waals surface area contributed by atoms with Crippen LogP contribution in [0.1, 0.15) is 43.4 Å². The van der Waals surface area contributed by atoms with Crippen LogP contribution in [0.4, 0.5) is 0 Å². The molecule has 5 nitrogen and oxygen atoms in total. The Morgan fingerprint density at radius 1 is 1.53 bits per heavy atom. The lowest BCUT2D eigenvalue weighted by Gasteiger charge is -2.24. The van der Waals surface area contributed by atoms with Crippen LogP contribution in [-0.2, 0) is 6.54 Å². The molecule has 3 rings (SSSR count). The van der Waals surface area contributed by atoms with Crippen molar-refractivity contribution in [3.8, 4) is 0 Å². The molecule has 0 atom stereocenters. The van der Waals surface area contributed by atoms with Gasteiger partial charge in [0.05, 0.1) is 11.3 Å². The standard InChI is InChI=1S/C12H17N5/c1-2-16-6-7-17-12(16)9(11(13)14)10(15-17)8-4-3-5-8/h6-8H,2-5H2,1H3,(H3,13,14). The van der Waals surface area contributed by atoms with Gasteiger partial charge in [0.15, 0.2) is 0 Å². The van der Waals surface area contributed by atoms with Gasteiger partial charge in [-0.3, -0.25) is 5.41 Å². The Hall–Kier alpha value is -1.78. The molecule has 2 aromatic heterocycles. The molecular weight excluding hydrogens is 214 g/mol. The van der Waals surface area contributed by atoms with Gasteiger partial charge in [0.25, 0.3) is 0 Å². The third kappa shape index (κ3) is 1.38. The molecule has 3 N–H and O–H groups in total. The average molecular weight is 231 g/mol. The van der Waals surface area contributed by atoms with Crippen molar-refractivity contribution in [2.45, 2.75) is 38.6 Å². The zero-order valence-electron chi connectivity index (χ0n) is 9.98. The molecule has 2 aromatic rings. The van der Waals surface area contributed by atoms with Gasteiger partial charge in [-0.25, -0.2) is 4.52 Å². The minimum Gasteiger partial charge on any atom is -0.384 e. The summed E-state index contributed by atoms with van der Waals surface area (Å²) in [6, 6.07) is 0. The van der Waals surface area contributed by atoms with E-state index < -0.39 is 0 Å². The van der Waals surface area contributed by atoms with E-state index in [4.69, 9.17) is 11.1 Å². The van der Waals surface area contributed by atoms with Crippen LogP contribution < -0.4 is 5.73 Å². The maximum Gasteiger partial charge on any atom is 0.147 e. The zero-order chi connectivity index (χ0) is 12.0. The fourth-order valence-electron chi connectivity index (χ4n) is 2.52. The molecule has 1 fully saturated rings. The summed E-state index contributed by atoms with van der Waals surface area (Å²) in [4.78, 5) is 0. The van der Waals surface area contributed by atoms with Gasteiger partial charge in [-0.05, 0) is 19.8 Å². The molecule has 0 unspecified atom stereocenters. The van der Waals surface area contributed by atoms with E-state index in [0.717, 1.165) is 23.4 Å². The first-order chi connectivity index (χ1) is 8.22. The summed E-state index contributed by atoms with van der Waals surface area (Å²) in [6.07, 6.45) is 7.53. The molecule has 0 bridgehead atoms. The van der Waals surface area contributed by atoms with Crippen LogP contribution in [-0.4, -0.2) is 20.0 Å². The number of aromatic nitrogens is 3. The highest BCUT2D eigenvalue weighted by atomic mass is 15.3. The Kier molecular flexibility index (Phi) is 2.21. The van der Waals surface area contributed by atoms with Crippen molar-refractivity contribution in [2.24, 2.45) is 5.73 Å². The van der Waals surface area contributed by atoms with Crippen molar-refractivity contribution in [1.82, 2.24) is 14.2 Å². The lowest BCUT2D eigenvalue weighted by atomic mass is 9.81. The van der Waals surface area contributed by atoms with Gasteiger partial charge in [0.1, 0.15) is 11.5 Å². The number of nitrogens with zero attached hydrogens (tertiary/aromatic N) is 3. The Morgan fingerprint density at radius 3 is 2.82 bits per heavy atom. The highest BCUT2D eigenvalue weighted by molar-refractivity contribution is 6.02. The number of hydrogen-bond donors (Lipinski definition) is 2. The van der Waals surface area contributed by atoms with Crippen molar-refractivity contribution in [3.05, 3.63) is 23.7 Å². The maximum absolute atomic E-state index is 7.79. The number of fused-ring (bicyclic) bond motifs is 1. The lowest BCUT2D eigenvalue weighted by molar-refractivity contribution is 0.409. The van der Waals surface area contributed by atoms with Gasteiger partial charge < -0.3 is 10.3 Å². The molecule has 1 aliphatic rings. The molecule has 0 radical (unpaired) electrons. The molecule has 0 spiro atoms. The van der Waals surface area contributed by atoms with Crippen LogP contribution in [0, 0.1) is 5.41 Å². The monoisotopic (exact) mass is 231 g/mol. The first-order valence-corrected chi connectivity index (χ1v) is 6.14. The maximum atomic E-state index is 7.79. The molecule has 90 valence electrons. The summed E-state index contributed by atoms with van der Waals surface area (Å²) in [5.74, 6) is 0.634. The number of imidazole rings is 1. The number of nitrogens with one attached hydrogen (secondary N) is 1. The molecule has 17 heavy (non-hydrogen) atoms. The number of aryl methyl sites for hydroxylation is 1. The Labute approximate surface area is 99.7 Å². The molecule has 0 aliphatic heterocycles. The van der Waals surface area contributed by atoms with E-state index in [1.54, 1.807) is 0 Å². The second-order valence-corrected chi connectivity index (χ2v) is 4.65. The highest BCUT2D eigenvalue weighted by Crippen LogP contribution is 2.38. The van der Waals surface area contributed by atoms with Gasteiger partial charge in [-0.1, -0.05) is 6.42 Å². The van der Waals surface area contributed by atoms with E-state index in [1.807, 2.05) is 16.9 Å². The van der Waals surface area contributed by atoms with E-state index in [2.05, 4.69) is 16.6 Å². The molecule has 2 heterocycles. The Balaban J connectivity index is 2.24. The fraction of sp³-hybridized carbons (Fsp3) is 0.500. The number of nitrogen functional groups attached to an aromatic ring is 1. The molecular formula is C12H17N5. The van der Waals surface area contributed by atoms with Crippen LogP contribution in [0.2, 0.25) is 0 Å². The first kappa shape index (κ1) is 10.4. The Bertz CT molecular complexity index is 573. The summed E-state index contributed by atoms with van der Waals surface area (Å²) in [6.45, 7) is 2.95. The van der Waals surface area contributed by atoms with E-state index in [0.29, 0.717) is 5.92 Å². The molecule has 1 saturated carbocycles. The number of amidine groups is 1. The van der Waals surface area contributed by atoms with Gasteiger partial charge in [0.2, 0.25) is 0 Å².